The van der Waals surface area contributed by atoms with Crippen molar-refractivity contribution in [1.82, 2.24) is 4.98 Å². The first kappa shape index (κ1) is 14.2. The molecule has 104 valence electrons. The van der Waals surface area contributed by atoms with Gasteiger partial charge in [-0.25, -0.2) is 13.6 Å². The van der Waals surface area contributed by atoms with Crippen molar-refractivity contribution in [2.45, 2.75) is 11.8 Å². The maximum Gasteiger partial charge on any atom is 0.257 e. The van der Waals surface area contributed by atoms with E-state index in [0.29, 0.717) is 11.3 Å². The van der Waals surface area contributed by atoms with E-state index in [-0.39, 0.29) is 10.6 Å². The molecule has 0 aliphatic heterocycles. The highest BCUT2D eigenvalue weighted by atomic mass is 32.2. The molecule has 1 heterocycles. The zero-order valence-corrected chi connectivity index (χ0v) is 11.5. The lowest BCUT2D eigenvalue weighted by atomic mass is 10.2. The molecule has 7 heteroatoms. The second-order valence-corrected chi connectivity index (χ2v) is 5.66. The third kappa shape index (κ3) is 3.01. The third-order valence-electron chi connectivity index (χ3n) is 2.69. The van der Waals surface area contributed by atoms with Gasteiger partial charge >= 0.3 is 0 Å². The second-order valence-electron chi connectivity index (χ2n) is 4.13. The number of amides is 1. The summed E-state index contributed by atoms with van der Waals surface area (Å²) in [5, 5.41) is 7.65. The largest absolute Gasteiger partial charge is 0.321 e. The molecule has 2 rings (SSSR count). The molecule has 0 bridgehead atoms. The number of sulfonamides is 1. The summed E-state index contributed by atoms with van der Waals surface area (Å²) in [6, 6.07) is 9.19. The van der Waals surface area contributed by atoms with Crippen LogP contribution in [0, 0.1) is 6.92 Å². The Kier molecular flexibility index (Phi) is 3.82. The molecule has 0 aliphatic carbocycles. The van der Waals surface area contributed by atoms with Crippen molar-refractivity contribution in [3.63, 3.8) is 0 Å². The van der Waals surface area contributed by atoms with Crippen molar-refractivity contribution in [1.29, 1.82) is 0 Å². The monoisotopic (exact) mass is 291 g/mol. The zero-order valence-electron chi connectivity index (χ0n) is 10.7. The number of nitrogens with zero attached hydrogens (tertiary/aromatic N) is 1. The number of hydrogen-bond donors (Lipinski definition) is 2. The predicted molar refractivity (Wildman–Crippen MR) is 74.7 cm³/mol. The van der Waals surface area contributed by atoms with Gasteiger partial charge in [0, 0.05) is 11.9 Å². The molecule has 0 saturated carbocycles. The van der Waals surface area contributed by atoms with Gasteiger partial charge in [0.2, 0.25) is 10.0 Å². The van der Waals surface area contributed by atoms with Gasteiger partial charge in [-0.15, -0.1) is 0 Å². The maximum atomic E-state index is 12.1. The Balaban J connectivity index is 2.37. The number of aromatic nitrogens is 1. The van der Waals surface area contributed by atoms with Crippen molar-refractivity contribution in [2.24, 2.45) is 5.14 Å². The Morgan fingerprint density at radius 1 is 1.20 bits per heavy atom. The van der Waals surface area contributed by atoms with Gasteiger partial charge in [0.25, 0.3) is 5.91 Å². The van der Waals surface area contributed by atoms with Crippen LogP contribution in [0.3, 0.4) is 0 Å². The number of carbonyl (C=O) groups is 1. The van der Waals surface area contributed by atoms with Gasteiger partial charge < -0.3 is 5.32 Å². The number of pyridine rings is 1. The molecule has 6 nitrogen and oxygen atoms in total. The van der Waals surface area contributed by atoms with Crippen LogP contribution in [-0.2, 0) is 10.0 Å². The molecule has 0 radical (unpaired) electrons. The van der Waals surface area contributed by atoms with Crippen LogP contribution in [0.5, 0.6) is 0 Å². The van der Waals surface area contributed by atoms with Gasteiger partial charge in [-0.2, -0.15) is 0 Å². The summed E-state index contributed by atoms with van der Waals surface area (Å²) in [5.74, 6) is -0.438. The highest BCUT2D eigenvalue weighted by Crippen LogP contribution is 2.20. The SMILES string of the molecule is Cc1ncccc1C(=O)Nc1ccccc1S(N)(=O)=O. The minimum Gasteiger partial charge on any atom is -0.321 e. The topological polar surface area (TPSA) is 102 Å². The molecule has 1 amide bonds. The molecular weight excluding hydrogens is 278 g/mol. The molecule has 0 unspecified atom stereocenters. The summed E-state index contributed by atoms with van der Waals surface area (Å²) in [7, 11) is -3.90. The Morgan fingerprint density at radius 2 is 1.90 bits per heavy atom. The average Bonchev–Trinajstić information content (AvgIpc) is 2.38. The number of nitrogens with two attached hydrogens (primary N) is 1. The fourth-order valence-electron chi connectivity index (χ4n) is 1.73. The normalized spacial score (nSPS) is 11.1. The van der Waals surface area contributed by atoms with Gasteiger partial charge in [0.15, 0.2) is 0 Å². The smallest absolute Gasteiger partial charge is 0.257 e. The van der Waals surface area contributed by atoms with Crippen LogP contribution >= 0.6 is 0 Å². The van der Waals surface area contributed by atoms with E-state index in [2.05, 4.69) is 10.3 Å². The summed E-state index contributed by atoms with van der Waals surface area (Å²) >= 11 is 0. The molecule has 2 aromatic rings. The molecule has 0 atom stereocenters. The summed E-state index contributed by atoms with van der Waals surface area (Å²) in [5.41, 5.74) is 1.07. The Bertz CT molecular complexity index is 757. The van der Waals surface area contributed by atoms with Gasteiger partial charge in [-0.1, -0.05) is 12.1 Å². The molecule has 20 heavy (non-hydrogen) atoms. The van der Waals surface area contributed by atoms with Crippen LogP contribution in [-0.4, -0.2) is 19.3 Å². The molecule has 1 aromatic carbocycles. The lowest BCUT2D eigenvalue weighted by molar-refractivity contribution is 0.102. The van der Waals surface area contributed by atoms with Gasteiger partial charge in [0.1, 0.15) is 4.90 Å². The minimum atomic E-state index is -3.90. The standard InChI is InChI=1S/C13H13N3O3S/c1-9-10(5-4-8-15-9)13(17)16-11-6-2-3-7-12(11)20(14,18)19/h2-8H,1H3,(H,16,17)(H2,14,18,19). The van der Waals surface area contributed by atoms with Crippen molar-refractivity contribution in [2.75, 3.05) is 5.32 Å². The van der Waals surface area contributed by atoms with Crippen LogP contribution in [0.2, 0.25) is 0 Å². The highest BCUT2D eigenvalue weighted by Gasteiger charge is 2.16. The first-order valence-electron chi connectivity index (χ1n) is 5.74. The summed E-state index contributed by atoms with van der Waals surface area (Å²) in [4.78, 5) is 16.0. The number of para-hydroxylation sites is 1. The molecule has 0 spiro atoms. The highest BCUT2D eigenvalue weighted by molar-refractivity contribution is 7.89. The lowest BCUT2D eigenvalue weighted by Gasteiger charge is -2.10. The van der Waals surface area contributed by atoms with E-state index in [0.717, 1.165) is 0 Å². The first-order chi connectivity index (χ1) is 9.39. The number of aryl methyl sites for hydroxylation is 1. The summed E-state index contributed by atoms with van der Waals surface area (Å²) in [6.07, 6.45) is 1.57. The molecule has 0 fully saturated rings. The van der Waals surface area contributed by atoms with Crippen LogP contribution in [0.15, 0.2) is 47.5 Å². The molecule has 1 aromatic heterocycles. The number of nitrogens with one attached hydrogen (secondary N) is 1. The maximum absolute atomic E-state index is 12.1. The van der Waals surface area contributed by atoms with E-state index in [1.165, 1.54) is 18.2 Å². The fraction of sp³-hybridized carbons (Fsp3) is 0.0769. The Hall–Kier alpha value is -2.25. The molecule has 0 aliphatic rings. The molecule has 0 saturated heterocycles. The Morgan fingerprint density at radius 3 is 2.55 bits per heavy atom. The third-order valence-corrected chi connectivity index (χ3v) is 3.66. The van der Waals surface area contributed by atoms with E-state index in [1.807, 2.05) is 0 Å². The number of carbonyl (C=O) groups excluding carboxylic acids is 1. The number of anilines is 1. The van der Waals surface area contributed by atoms with Crippen molar-refractivity contribution in [3.8, 4) is 0 Å². The van der Waals surface area contributed by atoms with Crippen LogP contribution in [0.25, 0.3) is 0 Å². The minimum absolute atomic E-state index is 0.130. The second kappa shape index (κ2) is 5.40. The zero-order chi connectivity index (χ0) is 14.8. The van der Waals surface area contributed by atoms with E-state index < -0.39 is 15.9 Å². The number of hydrogen-bond acceptors (Lipinski definition) is 4. The lowest BCUT2D eigenvalue weighted by Crippen LogP contribution is -2.19. The average molecular weight is 291 g/mol. The molecular formula is C13H13N3O3S. The van der Waals surface area contributed by atoms with Crippen molar-refractivity contribution >= 4 is 21.6 Å². The quantitative estimate of drug-likeness (QED) is 0.889. The number of primary sulfonamides is 1. The summed E-state index contributed by atoms with van der Waals surface area (Å²) in [6.45, 7) is 1.69. The first-order valence-corrected chi connectivity index (χ1v) is 7.29. The van der Waals surface area contributed by atoms with E-state index in [1.54, 1.807) is 31.3 Å². The van der Waals surface area contributed by atoms with E-state index >= 15 is 0 Å². The predicted octanol–water partition coefficient (Wildman–Crippen LogP) is 1.29. The van der Waals surface area contributed by atoms with Crippen LogP contribution in [0.4, 0.5) is 5.69 Å². The van der Waals surface area contributed by atoms with E-state index in [4.69, 9.17) is 5.14 Å². The van der Waals surface area contributed by atoms with Gasteiger partial charge in [-0.05, 0) is 31.2 Å². The van der Waals surface area contributed by atoms with Gasteiger partial charge in [0.05, 0.1) is 11.3 Å². The Labute approximate surface area is 116 Å². The van der Waals surface area contributed by atoms with E-state index in [9.17, 15) is 13.2 Å². The number of rotatable bonds is 3. The summed E-state index contributed by atoms with van der Waals surface area (Å²) < 4.78 is 22.9. The number of benzene rings is 1. The van der Waals surface area contributed by atoms with Crippen molar-refractivity contribution < 1.29 is 13.2 Å². The fourth-order valence-corrected chi connectivity index (χ4v) is 2.43. The van der Waals surface area contributed by atoms with Crippen LogP contribution < -0.4 is 10.5 Å². The van der Waals surface area contributed by atoms with Gasteiger partial charge in [-0.3, -0.25) is 9.78 Å². The van der Waals surface area contributed by atoms with Crippen molar-refractivity contribution in [3.05, 3.63) is 53.9 Å². The molecule has 3 N–H and O–H groups in total. The van der Waals surface area contributed by atoms with Crippen LogP contribution in [0.1, 0.15) is 16.1 Å².